The summed E-state index contributed by atoms with van der Waals surface area (Å²) in [5.41, 5.74) is -3.55. The molecule has 0 fully saturated rings. The third kappa shape index (κ3) is 3.51. The van der Waals surface area contributed by atoms with Gasteiger partial charge in [0.25, 0.3) is 6.43 Å². The van der Waals surface area contributed by atoms with Crippen LogP contribution in [-0.4, -0.2) is 22.4 Å². The van der Waals surface area contributed by atoms with E-state index in [1.807, 2.05) is 0 Å². The summed E-state index contributed by atoms with van der Waals surface area (Å²) in [4.78, 5) is 13.4. The van der Waals surface area contributed by atoms with Crippen LogP contribution in [0.1, 0.15) is 28.2 Å². The van der Waals surface area contributed by atoms with E-state index < -0.39 is 41.5 Å². The molecule has 1 aromatic rings. The van der Waals surface area contributed by atoms with Crippen LogP contribution < -0.4 is 4.74 Å². The van der Waals surface area contributed by atoms with Crippen LogP contribution in [0.4, 0.5) is 22.0 Å². The summed E-state index contributed by atoms with van der Waals surface area (Å²) in [5.74, 6) is -3.27. The number of nitriles is 1. The topological polar surface area (TPSA) is 83.2 Å². The lowest BCUT2D eigenvalue weighted by Gasteiger charge is -2.14. The Balaban J connectivity index is 3.51. The van der Waals surface area contributed by atoms with Crippen molar-refractivity contribution < 1.29 is 36.6 Å². The Labute approximate surface area is 101 Å². The van der Waals surface area contributed by atoms with E-state index in [1.165, 1.54) is 0 Å². The number of carbonyl (C=O) groups is 1. The maximum atomic E-state index is 12.6. The fourth-order valence-corrected chi connectivity index (χ4v) is 1.12. The van der Waals surface area contributed by atoms with Crippen LogP contribution in [0, 0.1) is 11.3 Å². The van der Waals surface area contributed by atoms with Crippen LogP contribution in [0.2, 0.25) is 0 Å². The molecule has 0 aliphatic rings. The molecule has 0 amide bonds. The highest BCUT2D eigenvalue weighted by molar-refractivity contribution is 5.86. The second-order valence-corrected chi connectivity index (χ2v) is 3.03. The molecular weight excluding hydrogens is 279 g/mol. The Hall–Kier alpha value is -2.44. The summed E-state index contributed by atoms with van der Waals surface area (Å²) >= 11 is 0. The van der Waals surface area contributed by atoms with Gasteiger partial charge in [0.05, 0.1) is 5.56 Å². The Morgan fingerprint density at radius 2 is 2.05 bits per heavy atom. The zero-order valence-electron chi connectivity index (χ0n) is 8.70. The standard InChI is InChI=1S/C9H3F5N2O3/c10-7(11)5-6(19-9(12,13)14)3(2-15)1-4(16-5)8(17)18/h1,7H,(H,17,18). The molecule has 10 heteroatoms. The number of alkyl halides is 5. The number of halogens is 5. The maximum Gasteiger partial charge on any atom is 0.573 e. The van der Waals surface area contributed by atoms with Gasteiger partial charge in [-0.25, -0.2) is 18.6 Å². The van der Waals surface area contributed by atoms with Gasteiger partial charge in [-0.1, -0.05) is 0 Å². The lowest BCUT2D eigenvalue weighted by atomic mass is 10.1. The largest absolute Gasteiger partial charge is 0.573 e. The number of nitrogens with zero attached hydrogens (tertiary/aromatic N) is 2. The van der Waals surface area contributed by atoms with E-state index in [9.17, 15) is 26.7 Å². The van der Waals surface area contributed by atoms with Crippen LogP contribution in [-0.2, 0) is 0 Å². The van der Waals surface area contributed by atoms with E-state index >= 15 is 0 Å². The second-order valence-electron chi connectivity index (χ2n) is 3.03. The fourth-order valence-electron chi connectivity index (χ4n) is 1.12. The second kappa shape index (κ2) is 5.05. The predicted molar refractivity (Wildman–Crippen MR) is 47.6 cm³/mol. The Morgan fingerprint density at radius 3 is 2.42 bits per heavy atom. The van der Waals surface area contributed by atoms with Gasteiger partial charge in [-0.2, -0.15) is 5.26 Å². The monoisotopic (exact) mass is 282 g/mol. The first-order chi connectivity index (χ1) is 8.65. The average molecular weight is 282 g/mol. The lowest BCUT2D eigenvalue weighted by Crippen LogP contribution is -2.20. The Morgan fingerprint density at radius 1 is 1.47 bits per heavy atom. The molecule has 1 aromatic heterocycles. The van der Waals surface area contributed by atoms with E-state index in [-0.39, 0.29) is 0 Å². The van der Waals surface area contributed by atoms with Crippen molar-refractivity contribution in [3.8, 4) is 11.8 Å². The third-order valence-corrected chi connectivity index (χ3v) is 1.76. The molecule has 0 aromatic carbocycles. The van der Waals surface area contributed by atoms with Gasteiger partial charge in [0, 0.05) is 0 Å². The highest BCUT2D eigenvalue weighted by atomic mass is 19.4. The van der Waals surface area contributed by atoms with Gasteiger partial charge in [-0.15, -0.1) is 13.2 Å². The summed E-state index contributed by atoms with van der Waals surface area (Å²) < 4.78 is 64.5. The molecule has 0 radical (unpaired) electrons. The van der Waals surface area contributed by atoms with Gasteiger partial charge in [-0.3, -0.25) is 0 Å². The molecule has 19 heavy (non-hydrogen) atoms. The summed E-state index contributed by atoms with van der Waals surface area (Å²) in [6.45, 7) is 0. The minimum absolute atomic E-state index is 0.412. The third-order valence-electron chi connectivity index (χ3n) is 1.76. The molecule has 0 aliphatic heterocycles. The minimum Gasteiger partial charge on any atom is -0.477 e. The van der Waals surface area contributed by atoms with Gasteiger partial charge in [0.15, 0.2) is 11.4 Å². The number of hydrogen-bond donors (Lipinski definition) is 1. The van der Waals surface area contributed by atoms with Gasteiger partial charge in [-0.05, 0) is 6.07 Å². The smallest absolute Gasteiger partial charge is 0.477 e. The van der Waals surface area contributed by atoms with Gasteiger partial charge in [0.2, 0.25) is 0 Å². The molecule has 0 aliphatic carbocycles. The summed E-state index contributed by atoms with van der Waals surface area (Å²) in [7, 11) is 0. The quantitative estimate of drug-likeness (QED) is 0.861. The number of hydrogen-bond acceptors (Lipinski definition) is 4. The first kappa shape index (κ1) is 14.6. The molecule has 0 spiro atoms. The maximum absolute atomic E-state index is 12.6. The molecule has 5 nitrogen and oxygen atoms in total. The van der Waals surface area contributed by atoms with Crippen LogP contribution in [0.5, 0.6) is 5.75 Å². The van der Waals surface area contributed by atoms with Crippen molar-refractivity contribution in [2.24, 2.45) is 0 Å². The summed E-state index contributed by atoms with van der Waals surface area (Å²) in [6, 6.07) is 1.56. The van der Waals surface area contributed by atoms with Crippen molar-refractivity contribution in [3.05, 3.63) is 23.0 Å². The summed E-state index contributed by atoms with van der Waals surface area (Å²) in [6.07, 6.45) is -8.86. The highest BCUT2D eigenvalue weighted by Gasteiger charge is 2.36. The van der Waals surface area contributed by atoms with Crippen LogP contribution in [0.3, 0.4) is 0 Å². The van der Waals surface area contributed by atoms with E-state index in [4.69, 9.17) is 10.4 Å². The van der Waals surface area contributed by atoms with Crippen molar-refractivity contribution in [3.63, 3.8) is 0 Å². The number of rotatable bonds is 3. The van der Waals surface area contributed by atoms with Crippen molar-refractivity contribution in [2.45, 2.75) is 12.8 Å². The summed E-state index contributed by atoms with van der Waals surface area (Å²) in [5, 5.41) is 17.1. The number of aromatic carboxylic acids is 1. The van der Waals surface area contributed by atoms with Crippen molar-refractivity contribution >= 4 is 5.97 Å². The Kier molecular flexibility index (Phi) is 3.89. The molecule has 1 N–H and O–H groups in total. The van der Waals surface area contributed by atoms with Gasteiger partial charge >= 0.3 is 12.3 Å². The molecule has 1 heterocycles. The van der Waals surface area contributed by atoms with E-state index in [0.29, 0.717) is 6.07 Å². The first-order valence-electron chi connectivity index (χ1n) is 4.38. The lowest BCUT2D eigenvalue weighted by molar-refractivity contribution is -0.275. The zero-order chi connectivity index (χ0) is 14.8. The molecule has 102 valence electrons. The average Bonchev–Trinajstić information content (AvgIpc) is 2.26. The van der Waals surface area contributed by atoms with Crippen molar-refractivity contribution in [2.75, 3.05) is 0 Å². The molecular formula is C9H3F5N2O3. The minimum atomic E-state index is -5.32. The fraction of sp³-hybridized carbons (Fsp3) is 0.222. The first-order valence-corrected chi connectivity index (χ1v) is 4.38. The number of carboxylic acids is 1. The van der Waals surface area contributed by atoms with Crippen molar-refractivity contribution in [1.29, 1.82) is 5.26 Å². The SMILES string of the molecule is N#Cc1cc(C(=O)O)nc(C(F)F)c1OC(F)(F)F. The molecule has 0 saturated heterocycles. The van der Waals surface area contributed by atoms with Gasteiger partial charge in [0.1, 0.15) is 11.8 Å². The number of carboxylic acid groups (broad SMARTS) is 1. The zero-order valence-corrected chi connectivity index (χ0v) is 8.70. The van der Waals surface area contributed by atoms with Crippen LogP contribution >= 0.6 is 0 Å². The normalized spacial score (nSPS) is 11.2. The van der Waals surface area contributed by atoms with E-state index in [1.54, 1.807) is 0 Å². The predicted octanol–water partition coefficient (Wildman–Crippen LogP) is 2.49. The van der Waals surface area contributed by atoms with Crippen LogP contribution in [0.25, 0.3) is 0 Å². The number of aromatic nitrogens is 1. The highest BCUT2D eigenvalue weighted by Crippen LogP contribution is 2.34. The molecule has 0 unspecified atom stereocenters. The van der Waals surface area contributed by atoms with E-state index in [0.717, 1.165) is 6.07 Å². The van der Waals surface area contributed by atoms with Gasteiger partial charge < -0.3 is 9.84 Å². The Bertz CT molecular complexity index is 550. The van der Waals surface area contributed by atoms with Crippen LogP contribution in [0.15, 0.2) is 6.07 Å². The molecule has 0 saturated carbocycles. The molecule has 0 atom stereocenters. The number of pyridine rings is 1. The molecule has 0 bridgehead atoms. The number of ether oxygens (including phenoxy) is 1. The molecule has 1 rings (SSSR count). The van der Waals surface area contributed by atoms with E-state index in [2.05, 4.69) is 9.72 Å². The van der Waals surface area contributed by atoms with Crippen molar-refractivity contribution in [1.82, 2.24) is 4.98 Å².